The molecule has 11 nitrogen and oxygen atoms in total. The summed E-state index contributed by atoms with van der Waals surface area (Å²) in [7, 11) is 0. The fourth-order valence-corrected chi connectivity index (χ4v) is 4.37. The molecule has 1 atom stereocenters. The van der Waals surface area contributed by atoms with E-state index < -0.39 is 89.7 Å². The number of alkyl halides is 6. The maximum atomic E-state index is 13.2. The number of halogens is 6. The number of esters is 2. The van der Waals surface area contributed by atoms with E-state index in [4.69, 9.17) is 9.47 Å². The number of hydrogen-bond acceptors (Lipinski definition) is 8. The van der Waals surface area contributed by atoms with Crippen LogP contribution in [-0.2, 0) is 36.2 Å². The van der Waals surface area contributed by atoms with Gasteiger partial charge in [-0.25, -0.2) is 9.59 Å². The first-order valence-electron chi connectivity index (χ1n) is 13.3. The summed E-state index contributed by atoms with van der Waals surface area (Å²) in [5.74, 6) is -6.67. The summed E-state index contributed by atoms with van der Waals surface area (Å²) < 4.78 is 88.5. The molecule has 17 heteroatoms. The van der Waals surface area contributed by atoms with Gasteiger partial charge in [-0.2, -0.15) is 26.3 Å². The molecule has 0 spiro atoms. The van der Waals surface area contributed by atoms with Crippen LogP contribution in [0.3, 0.4) is 0 Å². The highest BCUT2D eigenvalue weighted by Gasteiger charge is 2.42. The second-order valence-corrected chi connectivity index (χ2v) is 9.78. The van der Waals surface area contributed by atoms with Crippen LogP contribution in [0.15, 0.2) is 66.7 Å². The van der Waals surface area contributed by atoms with Crippen molar-refractivity contribution in [1.82, 2.24) is 4.90 Å². The lowest BCUT2D eigenvalue weighted by Gasteiger charge is -2.21. The van der Waals surface area contributed by atoms with Gasteiger partial charge < -0.3 is 20.1 Å². The number of nitrogens with one attached hydrogen (secondary N) is 2. The Morgan fingerprint density at radius 2 is 1.17 bits per heavy atom. The first kappa shape index (κ1) is 34.1. The molecule has 0 saturated heterocycles. The molecule has 0 bridgehead atoms. The predicted octanol–water partition coefficient (Wildman–Crippen LogP) is 4.69. The molecule has 4 amide bonds. The molecule has 1 aliphatic heterocycles. The molecule has 246 valence electrons. The summed E-state index contributed by atoms with van der Waals surface area (Å²) >= 11 is 0. The first-order chi connectivity index (χ1) is 22.0. The molecule has 3 aromatic rings. The number of carbonyl (C=O) groups excluding carboxylic acids is 6. The van der Waals surface area contributed by atoms with Crippen molar-refractivity contribution in [1.29, 1.82) is 0 Å². The monoisotopic (exact) mass is 665 g/mol. The molecule has 47 heavy (non-hydrogen) atoms. The van der Waals surface area contributed by atoms with E-state index in [0.717, 1.165) is 61.5 Å². The molecule has 1 heterocycles. The average Bonchev–Trinajstić information content (AvgIpc) is 3.26. The molecule has 0 fully saturated rings. The maximum Gasteiger partial charge on any atom is 0.418 e. The number of fused-ring (bicyclic) bond motifs is 1. The average molecular weight is 665 g/mol. The number of nitrogens with zero attached hydrogens (tertiary/aromatic N) is 1. The number of benzene rings is 3. The molecule has 2 N–H and O–H groups in total. The minimum atomic E-state index is -4.78. The van der Waals surface area contributed by atoms with Gasteiger partial charge in [0.15, 0.2) is 13.2 Å². The number of anilines is 2. The number of para-hydroxylation sites is 2. The van der Waals surface area contributed by atoms with E-state index in [9.17, 15) is 55.1 Å². The second-order valence-electron chi connectivity index (χ2n) is 9.78. The molecule has 0 aliphatic carbocycles. The Bertz CT molecular complexity index is 1770. The lowest BCUT2D eigenvalue weighted by molar-refractivity contribution is -0.150. The van der Waals surface area contributed by atoms with Crippen molar-refractivity contribution in [3.8, 4) is 0 Å². The molecule has 1 aliphatic rings. The highest BCUT2D eigenvalue weighted by Crippen LogP contribution is 2.35. The fourth-order valence-electron chi connectivity index (χ4n) is 4.37. The van der Waals surface area contributed by atoms with Crippen LogP contribution in [0.2, 0.25) is 0 Å². The Morgan fingerprint density at radius 1 is 0.702 bits per heavy atom. The van der Waals surface area contributed by atoms with Crippen LogP contribution in [-0.4, -0.2) is 59.7 Å². The third-order valence-corrected chi connectivity index (χ3v) is 6.58. The highest BCUT2D eigenvalue weighted by atomic mass is 19.4. The Balaban J connectivity index is 1.35. The van der Waals surface area contributed by atoms with Gasteiger partial charge in [-0.05, 0) is 49.4 Å². The zero-order valence-electron chi connectivity index (χ0n) is 23.8. The number of rotatable bonds is 9. The minimum absolute atomic E-state index is 0.228. The number of amides is 4. The van der Waals surface area contributed by atoms with Crippen LogP contribution in [0.4, 0.5) is 37.7 Å². The van der Waals surface area contributed by atoms with Crippen LogP contribution < -0.4 is 10.6 Å². The van der Waals surface area contributed by atoms with Crippen molar-refractivity contribution in [2.24, 2.45) is 0 Å². The third kappa shape index (κ3) is 7.74. The molecule has 3 aromatic carbocycles. The van der Waals surface area contributed by atoms with E-state index in [1.165, 1.54) is 12.1 Å². The van der Waals surface area contributed by atoms with Gasteiger partial charge in [0, 0.05) is 0 Å². The van der Waals surface area contributed by atoms with Crippen LogP contribution >= 0.6 is 0 Å². The van der Waals surface area contributed by atoms with Gasteiger partial charge in [0.2, 0.25) is 0 Å². The summed E-state index contributed by atoms with van der Waals surface area (Å²) in [4.78, 5) is 75.8. The maximum absolute atomic E-state index is 13.2. The minimum Gasteiger partial charge on any atom is -0.454 e. The van der Waals surface area contributed by atoms with Gasteiger partial charge in [0.05, 0.1) is 39.2 Å². The number of ether oxygens (including phenoxy) is 2. The molecule has 0 radical (unpaired) electrons. The summed E-state index contributed by atoms with van der Waals surface area (Å²) in [5.41, 5.74) is -4.31. The lowest BCUT2D eigenvalue weighted by Crippen LogP contribution is -2.44. The van der Waals surface area contributed by atoms with Crippen LogP contribution in [0.1, 0.15) is 49.1 Å². The number of hydrogen-bond donors (Lipinski definition) is 2. The highest BCUT2D eigenvalue weighted by molar-refractivity contribution is 6.23. The zero-order chi connectivity index (χ0) is 34.7. The van der Waals surface area contributed by atoms with E-state index in [1.807, 2.05) is 10.6 Å². The molecule has 0 aromatic heterocycles. The Kier molecular flexibility index (Phi) is 9.67. The quantitative estimate of drug-likeness (QED) is 0.190. The standard InChI is InChI=1S/C30H21F6N3O8/c1-15(27(44)46-13-23(40)37-21-8-4-2-6-19(21)29(31,32)33)39-25(42)17-11-10-16(12-18(17)26(39)43)28(45)47-14-24(41)38-22-9-5-3-7-20(22)30(34,35)36/h2-12,15H,13-14H2,1H3,(H,37,40)(H,38,41)/t15-/m1/s1. The first-order valence-corrected chi connectivity index (χ1v) is 13.3. The van der Waals surface area contributed by atoms with Crippen LogP contribution in [0, 0.1) is 0 Å². The number of imide groups is 1. The van der Waals surface area contributed by atoms with Gasteiger partial charge in [-0.3, -0.25) is 24.1 Å². The normalized spacial score (nSPS) is 13.5. The summed E-state index contributed by atoms with van der Waals surface area (Å²) in [6, 6.07) is 9.65. The van der Waals surface area contributed by atoms with Gasteiger partial charge in [0.1, 0.15) is 6.04 Å². The van der Waals surface area contributed by atoms with Crippen molar-refractivity contribution >= 4 is 46.9 Å². The van der Waals surface area contributed by atoms with Crippen LogP contribution in [0.25, 0.3) is 0 Å². The van der Waals surface area contributed by atoms with Gasteiger partial charge >= 0.3 is 24.3 Å². The van der Waals surface area contributed by atoms with E-state index in [2.05, 4.69) is 0 Å². The number of carbonyl (C=O) groups is 6. The summed E-state index contributed by atoms with van der Waals surface area (Å²) in [6.45, 7) is -0.963. The van der Waals surface area contributed by atoms with E-state index in [1.54, 1.807) is 0 Å². The molecule has 0 saturated carbocycles. The molecule has 0 unspecified atom stereocenters. The lowest BCUT2D eigenvalue weighted by atomic mass is 10.1. The van der Waals surface area contributed by atoms with Crippen molar-refractivity contribution in [2.45, 2.75) is 25.3 Å². The fraction of sp³-hybridized carbons (Fsp3) is 0.200. The predicted molar refractivity (Wildman–Crippen MR) is 148 cm³/mol. The zero-order valence-corrected chi connectivity index (χ0v) is 23.8. The topological polar surface area (TPSA) is 148 Å². The largest absolute Gasteiger partial charge is 0.454 e. The van der Waals surface area contributed by atoms with E-state index in [-0.39, 0.29) is 16.7 Å². The Hall–Kier alpha value is -5.74. The van der Waals surface area contributed by atoms with E-state index in [0.29, 0.717) is 4.90 Å². The smallest absolute Gasteiger partial charge is 0.418 e. The second kappa shape index (κ2) is 13.3. The third-order valence-electron chi connectivity index (χ3n) is 6.58. The van der Waals surface area contributed by atoms with Crippen molar-refractivity contribution in [3.05, 3.63) is 94.5 Å². The van der Waals surface area contributed by atoms with Gasteiger partial charge in [-0.15, -0.1) is 0 Å². The van der Waals surface area contributed by atoms with Crippen LogP contribution in [0.5, 0.6) is 0 Å². The van der Waals surface area contributed by atoms with E-state index >= 15 is 0 Å². The van der Waals surface area contributed by atoms with Crippen molar-refractivity contribution < 1.29 is 64.6 Å². The Morgan fingerprint density at radius 3 is 1.68 bits per heavy atom. The van der Waals surface area contributed by atoms with Gasteiger partial charge in [-0.1, -0.05) is 24.3 Å². The molecular weight excluding hydrogens is 644 g/mol. The van der Waals surface area contributed by atoms with Crippen molar-refractivity contribution in [3.63, 3.8) is 0 Å². The van der Waals surface area contributed by atoms with Crippen molar-refractivity contribution in [2.75, 3.05) is 23.8 Å². The summed E-state index contributed by atoms with van der Waals surface area (Å²) in [5, 5.41) is 3.96. The molecule has 4 rings (SSSR count). The summed E-state index contributed by atoms with van der Waals surface area (Å²) in [6.07, 6.45) is -9.55. The SMILES string of the molecule is C[C@H](C(=O)OCC(=O)Nc1ccccc1C(F)(F)F)N1C(=O)c2ccc(C(=O)OCC(=O)Nc3ccccc3C(F)(F)F)cc2C1=O. The van der Waals surface area contributed by atoms with Gasteiger partial charge in [0.25, 0.3) is 23.6 Å². The Labute approximate surface area is 260 Å². The molecular formula is C30H21F6N3O8.